The Kier molecular flexibility index (Phi) is 4.42. The molecule has 0 aliphatic rings. The summed E-state index contributed by atoms with van der Waals surface area (Å²) in [5.41, 5.74) is 7.38. The number of amides is 1. The fourth-order valence-corrected chi connectivity index (χ4v) is 2.34. The summed E-state index contributed by atoms with van der Waals surface area (Å²) < 4.78 is 22.0. The number of carbonyl (C=O) groups is 1. The molecule has 0 atom stereocenters. The molecule has 1 rings (SSSR count). The maximum Gasteiger partial charge on any atom is 0.239 e. The van der Waals surface area contributed by atoms with E-state index in [2.05, 4.69) is 5.32 Å². The molecule has 18 heavy (non-hydrogen) atoms. The van der Waals surface area contributed by atoms with Crippen LogP contribution in [0.4, 0.5) is 5.69 Å². The van der Waals surface area contributed by atoms with Gasteiger partial charge >= 0.3 is 0 Å². The molecule has 1 aromatic carbocycles. The average molecular weight is 286 g/mol. The third kappa shape index (κ3) is 4.08. The fraction of sp³-hybridized carbons (Fsp3) is 0.273. The van der Waals surface area contributed by atoms with Crippen LogP contribution in [0.2, 0.25) is 0 Å². The van der Waals surface area contributed by atoms with Crippen LogP contribution in [0.25, 0.3) is 0 Å². The highest BCUT2D eigenvalue weighted by Gasteiger charge is 2.14. The van der Waals surface area contributed by atoms with Crippen LogP contribution >= 0.6 is 12.2 Å². The number of sulfone groups is 1. The van der Waals surface area contributed by atoms with Gasteiger partial charge in [-0.05, 0) is 18.6 Å². The zero-order valence-corrected chi connectivity index (χ0v) is 11.7. The van der Waals surface area contributed by atoms with E-state index in [4.69, 9.17) is 18.0 Å². The van der Waals surface area contributed by atoms with Gasteiger partial charge in [0.15, 0.2) is 9.84 Å². The van der Waals surface area contributed by atoms with Gasteiger partial charge in [0.25, 0.3) is 0 Å². The molecule has 0 radical (unpaired) electrons. The van der Waals surface area contributed by atoms with Crippen molar-refractivity contribution in [2.24, 2.45) is 5.73 Å². The van der Waals surface area contributed by atoms with Gasteiger partial charge in [-0.1, -0.05) is 24.4 Å². The summed E-state index contributed by atoms with van der Waals surface area (Å²) in [7, 11) is -3.36. The Morgan fingerprint density at radius 1 is 1.44 bits per heavy atom. The zero-order chi connectivity index (χ0) is 13.9. The van der Waals surface area contributed by atoms with Crippen molar-refractivity contribution in [2.45, 2.75) is 6.92 Å². The maximum absolute atomic E-state index is 11.5. The van der Waals surface area contributed by atoms with Crippen molar-refractivity contribution < 1.29 is 13.2 Å². The van der Waals surface area contributed by atoms with Gasteiger partial charge in [0.05, 0.1) is 5.69 Å². The zero-order valence-electron chi connectivity index (χ0n) is 10.1. The van der Waals surface area contributed by atoms with Crippen LogP contribution in [-0.4, -0.2) is 31.3 Å². The van der Waals surface area contributed by atoms with E-state index in [1.54, 1.807) is 25.1 Å². The number of anilines is 1. The second-order valence-corrected chi connectivity index (χ2v) is 6.56. The minimum atomic E-state index is -3.36. The van der Waals surface area contributed by atoms with Crippen LogP contribution in [0.5, 0.6) is 0 Å². The maximum atomic E-state index is 11.5. The number of rotatable bonds is 4. The molecule has 0 spiro atoms. The smallest absolute Gasteiger partial charge is 0.239 e. The van der Waals surface area contributed by atoms with E-state index >= 15 is 0 Å². The Morgan fingerprint density at radius 3 is 2.56 bits per heavy atom. The lowest BCUT2D eigenvalue weighted by Gasteiger charge is -2.12. The van der Waals surface area contributed by atoms with E-state index in [0.29, 0.717) is 11.3 Å². The topological polar surface area (TPSA) is 89.3 Å². The first-order chi connectivity index (χ1) is 8.20. The number of hydrogen-bond acceptors (Lipinski definition) is 4. The van der Waals surface area contributed by atoms with Crippen LogP contribution in [0.3, 0.4) is 0 Å². The van der Waals surface area contributed by atoms with E-state index in [1.807, 2.05) is 0 Å². The first kappa shape index (κ1) is 14.6. The molecule has 1 amide bonds. The van der Waals surface area contributed by atoms with Crippen LogP contribution in [0.1, 0.15) is 11.1 Å². The van der Waals surface area contributed by atoms with Crippen molar-refractivity contribution in [1.29, 1.82) is 0 Å². The monoisotopic (exact) mass is 286 g/mol. The Balaban J connectivity index is 3.02. The summed E-state index contributed by atoms with van der Waals surface area (Å²) in [6.45, 7) is 1.81. The van der Waals surface area contributed by atoms with E-state index < -0.39 is 21.5 Å². The molecular weight excluding hydrogens is 272 g/mol. The SMILES string of the molecule is Cc1cccc(NC(=O)CS(C)(=O)=O)c1C(N)=S. The predicted molar refractivity (Wildman–Crippen MR) is 75.4 cm³/mol. The Labute approximate surface area is 111 Å². The third-order valence-corrected chi connectivity index (χ3v) is 3.18. The highest BCUT2D eigenvalue weighted by molar-refractivity contribution is 7.91. The van der Waals surface area contributed by atoms with Gasteiger partial charge in [-0.3, -0.25) is 4.79 Å². The number of benzene rings is 1. The van der Waals surface area contributed by atoms with Gasteiger partial charge in [0, 0.05) is 11.8 Å². The van der Waals surface area contributed by atoms with Crippen LogP contribution < -0.4 is 11.1 Å². The molecule has 0 heterocycles. The molecule has 5 nitrogen and oxygen atoms in total. The summed E-state index contributed by atoms with van der Waals surface area (Å²) in [6.07, 6.45) is 0.997. The summed E-state index contributed by atoms with van der Waals surface area (Å²) in [4.78, 5) is 11.7. The van der Waals surface area contributed by atoms with Gasteiger partial charge in [-0.25, -0.2) is 8.42 Å². The summed E-state index contributed by atoms with van der Waals surface area (Å²) in [5, 5.41) is 2.50. The highest BCUT2D eigenvalue weighted by Crippen LogP contribution is 2.19. The van der Waals surface area contributed by atoms with Gasteiger partial charge in [-0.15, -0.1) is 0 Å². The number of nitrogens with two attached hydrogens (primary N) is 1. The van der Waals surface area contributed by atoms with Crippen molar-refractivity contribution in [3.63, 3.8) is 0 Å². The lowest BCUT2D eigenvalue weighted by atomic mass is 10.1. The van der Waals surface area contributed by atoms with Gasteiger partial charge in [0.2, 0.25) is 5.91 Å². The normalized spacial score (nSPS) is 11.0. The molecule has 7 heteroatoms. The summed E-state index contributed by atoms with van der Waals surface area (Å²) in [6, 6.07) is 5.16. The molecule has 0 aromatic heterocycles. The molecule has 0 saturated heterocycles. The molecule has 0 aliphatic carbocycles. The summed E-state index contributed by atoms with van der Waals surface area (Å²) in [5.74, 6) is -1.18. The van der Waals surface area contributed by atoms with Crippen molar-refractivity contribution in [1.82, 2.24) is 0 Å². The standard InChI is InChI=1S/C11H14N2O3S2/c1-7-4-3-5-8(10(7)11(12)17)13-9(14)6-18(2,15)16/h3-5H,6H2,1-2H3,(H2,12,17)(H,13,14). The molecule has 98 valence electrons. The van der Waals surface area contributed by atoms with E-state index in [-0.39, 0.29) is 4.99 Å². The minimum absolute atomic E-state index is 0.155. The molecule has 3 N–H and O–H groups in total. The van der Waals surface area contributed by atoms with Gasteiger partial charge < -0.3 is 11.1 Å². The first-order valence-electron chi connectivity index (χ1n) is 5.07. The second kappa shape index (κ2) is 5.45. The Morgan fingerprint density at radius 2 is 2.06 bits per heavy atom. The van der Waals surface area contributed by atoms with Crippen molar-refractivity contribution in [3.05, 3.63) is 29.3 Å². The van der Waals surface area contributed by atoms with Gasteiger partial charge in [0.1, 0.15) is 10.7 Å². The van der Waals surface area contributed by atoms with Crippen LogP contribution in [0.15, 0.2) is 18.2 Å². The molecular formula is C11H14N2O3S2. The van der Waals surface area contributed by atoms with Crippen LogP contribution in [0, 0.1) is 6.92 Å². The lowest BCUT2D eigenvalue weighted by Crippen LogP contribution is -2.24. The minimum Gasteiger partial charge on any atom is -0.389 e. The number of hydrogen-bond donors (Lipinski definition) is 2. The average Bonchev–Trinajstić information content (AvgIpc) is 2.13. The van der Waals surface area contributed by atoms with Crippen molar-refractivity contribution in [2.75, 3.05) is 17.3 Å². The third-order valence-electron chi connectivity index (χ3n) is 2.19. The second-order valence-electron chi connectivity index (χ2n) is 3.98. The Hall–Kier alpha value is -1.47. The molecule has 0 saturated carbocycles. The molecule has 0 aliphatic heterocycles. The van der Waals surface area contributed by atoms with Crippen LogP contribution in [-0.2, 0) is 14.6 Å². The number of nitrogens with one attached hydrogen (secondary N) is 1. The fourth-order valence-electron chi connectivity index (χ4n) is 1.52. The molecule has 0 bridgehead atoms. The summed E-state index contributed by atoms with van der Waals surface area (Å²) >= 11 is 4.91. The first-order valence-corrected chi connectivity index (χ1v) is 7.54. The van der Waals surface area contributed by atoms with E-state index in [0.717, 1.165) is 11.8 Å². The van der Waals surface area contributed by atoms with Crippen molar-refractivity contribution in [3.8, 4) is 0 Å². The quantitative estimate of drug-likeness (QED) is 0.792. The van der Waals surface area contributed by atoms with Crippen molar-refractivity contribution >= 4 is 38.6 Å². The number of thiocarbonyl (C=S) groups is 1. The Bertz CT molecular complexity index is 594. The number of carbonyl (C=O) groups excluding carboxylic acids is 1. The van der Waals surface area contributed by atoms with Gasteiger partial charge in [-0.2, -0.15) is 0 Å². The van der Waals surface area contributed by atoms with E-state index in [1.165, 1.54) is 0 Å². The molecule has 1 aromatic rings. The molecule has 0 fully saturated rings. The van der Waals surface area contributed by atoms with E-state index in [9.17, 15) is 13.2 Å². The lowest BCUT2D eigenvalue weighted by molar-refractivity contribution is -0.113. The molecule has 0 unspecified atom stereocenters. The predicted octanol–water partition coefficient (Wildman–Crippen LogP) is 0.612. The highest BCUT2D eigenvalue weighted by atomic mass is 32.2. The largest absolute Gasteiger partial charge is 0.389 e. The number of aryl methyl sites for hydroxylation is 1.